The quantitative estimate of drug-likeness (QED) is 0.469. The smallest absolute Gasteiger partial charge is 0.0526 e. The van der Waals surface area contributed by atoms with Crippen molar-refractivity contribution in [2.45, 2.75) is 51.5 Å². The molecule has 1 atom stereocenters. The van der Waals surface area contributed by atoms with Crippen molar-refractivity contribution in [3.63, 3.8) is 0 Å². The first-order valence-electron chi connectivity index (χ1n) is 4.98. The number of nitrogens with zero attached hydrogens (tertiary/aromatic N) is 2. The van der Waals surface area contributed by atoms with Gasteiger partial charge >= 0.3 is 0 Å². The first kappa shape index (κ1) is 9.49. The summed E-state index contributed by atoms with van der Waals surface area (Å²) in [6.07, 6.45) is 7.23. The molecule has 0 aromatic rings. The number of nitroso groups, excluding NO2 is 1. The zero-order valence-electron chi connectivity index (χ0n) is 7.83. The predicted octanol–water partition coefficient (Wildman–Crippen LogP) is 2.71. The second-order valence-corrected chi connectivity index (χ2v) is 3.54. The average molecular weight is 170 g/mol. The second kappa shape index (κ2) is 5.12. The van der Waals surface area contributed by atoms with Gasteiger partial charge in [0.1, 0.15) is 0 Å². The van der Waals surface area contributed by atoms with E-state index in [1.54, 1.807) is 5.01 Å². The second-order valence-electron chi connectivity index (χ2n) is 3.54. The van der Waals surface area contributed by atoms with Crippen LogP contribution >= 0.6 is 0 Å². The van der Waals surface area contributed by atoms with E-state index in [1.807, 2.05) is 0 Å². The van der Waals surface area contributed by atoms with Crippen LogP contribution in [-0.4, -0.2) is 17.6 Å². The molecule has 0 aliphatic carbocycles. The van der Waals surface area contributed by atoms with Crippen LogP contribution in [-0.2, 0) is 0 Å². The average Bonchev–Trinajstić information content (AvgIpc) is 2.52. The van der Waals surface area contributed by atoms with Gasteiger partial charge in [-0.3, -0.25) is 5.01 Å². The van der Waals surface area contributed by atoms with Crippen LogP contribution in [0.15, 0.2) is 5.29 Å². The molecule has 1 unspecified atom stereocenters. The summed E-state index contributed by atoms with van der Waals surface area (Å²) < 4.78 is 0. The van der Waals surface area contributed by atoms with E-state index in [1.165, 1.54) is 19.3 Å². The molecule has 1 aliphatic rings. The Kier molecular flexibility index (Phi) is 4.05. The van der Waals surface area contributed by atoms with Crippen LogP contribution in [0.4, 0.5) is 0 Å². The van der Waals surface area contributed by atoms with Gasteiger partial charge in [0.2, 0.25) is 0 Å². The summed E-state index contributed by atoms with van der Waals surface area (Å²) in [5.74, 6) is 0. The summed E-state index contributed by atoms with van der Waals surface area (Å²) in [5.41, 5.74) is 0. The van der Waals surface area contributed by atoms with E-state index in [2.05, 4.69) is 12.2 Å². The van der Waals surface area contributed by atoms with Crippen molar-refractivity contribution in [2.24, 2.45) is 5.29 Å². The molecule has 0 amide bonds. The van der Waals surface area contributed by atoms with Gasteiger partial charge in [-0.2, -0.15) is 0 Å². The topological polar surface area (TPSA) is 32.7 Å². The molecule has 1 rings (SSSR count). The molecule has 1 heterocycles. The molecule has 0 aromatic heterocycles. The molecule has 1 saturated heterocycles. The Hall–Kier alpha value is -0.600. The van der Waals surface area contributed by atoms with E-state index >= 15 is 0 Å². The fraction of sp³-hybridized carbons (Fsp3) is 1.00. The number of unbranched alkanes of at least 4 members (excludes halogenated alkanes) is 2. The Balaban J connectivity index is 2.17. The Morgan fingerprint density at radius 3 is 3.00 bits per heavy atom. The highest BCUT2D eigenvalue weighted by Gasteiger charge is 2.23. The molecule has 0 aromatic carbocycles. The minimum Gasteiger partial charge on any atom is -0.258 e. The molecule has 0 saturated carbocycles. The van der Waals surface area contributed by atoms with E-state index in [-0.39, 0.29) is 0 Å². The lowest BCUT2D eigenvalue weighted by atomic mass is 10.1. The lowest BCUT2D eigenvalue weighted by Gasteiger charge is -2.16. The van der Waals surface area contributed by atoms with Gasteiger partial charge < -0.3 is 0 Å². The Bertz CT molecular complexity index is 138. The van der Waals surface area contributed by atoms with Crippen molar-refractivity contribution < 1.29 is 0 Å². The largest absolute Gasteiger partial charge is 0.258 e. The third-order valence-corrected chi connectivity index (χ3v) is 2.59. The van der Waals surface area contributed by atoms with E-state index < -0.39 is 0 Å². The van der Waals surface area contributed by atoms with Gasteiger partial charge in [-0.25, -0.2) is 0 Å². The Labute approximate surface area is 74.1 Å². The lowest BCUT2D eigenvalue weighted by molar-refractivity contribution is 0.246. The van der Waals surface area contributed by atoms with Gasteiger partial charge in [0.05, 0.1) is 11.3 Å². The van der Waals surface area contributed by atoms with Crippen LogP contribution in [0.2, 0.25) is 0 Å². The normalized spacial score (nSPS) is 23.1. The molecule has 70 valence electrons. The fourth-order valence-corrected chi connectivity index (χ4v) is 1.85. The maximum absolute atomic E-state index is 10.3. The molecule has 0 spiro atoms. The molecule has 1 fully saturated rings. The zero-order chi connectivity index (χ0) is 8.81. The van der Waals surface area contributed by atoms with Crippen LogP contribution in [0.1, 0.15) is 45.4 Å². The Morgan fingerprint density at radius 1 is 1.50 bits per heavy atom. The maximum Gasteiger partial charge on any atom is 0.0526 e. The summed E-state index contributed by atoms with van der Waals surface area (Å²) in [6.45, 7) is 3.07. The van der Waals surface area contributed by atoms with Gasteiger partial charge in [-0.05, 0) is 19.3 Å². The number of hydrogen-bond donors (Lipinski definition) is 0. The minimum absolute atomic E-state index is 0.453. The summed E-state index contributed by atoms with van der Waals surface area (Å²) in [5, 5.41) is 4.75. The highest BCUT2D eigenvalue weighted by Crippen LogP contribution is 2.21. The molecule has 0 N–H and O–H groups in total. The zero-order valence-corrected chi connectivity index (χ0v) is 7.83. The minimum atomic E-state index is 0.453. The first-order chi connectivity index (χ1) is 5.88. The van der Waals surface area contributed by atoms with Gasteiger partial charge in [0.15, 0.2) is 0 Å². The standard InChI is InChI=1S/C9H18N2O/c1-2-3-4-6-9-7-5-8-11(9)10-12/h9H,2-8H2,1H3. The van der Waals surface area contributed by atoms with Gasteiger partial charge in [0, 0.05) is 6.54 Å². The SMILES string of the molecule is CCCCCC1CCCN1N=O. The van der Waals surface area contributed by atoms with Crippen molar-refractivity contribution >= 4 is 0 Å². The van der Waals surface area contributed by atoms with Crippen LogP contribution in [0.25, 0.3) is 0 Å². The summed E-state index contributed by atoms with van der Waals surface area (Å²) in [4.78, 5) is 10.3. The van der Waals surface area contributed by atoms with Gasteiger partial charge in [0.25, 0.3) is 0 Å². The van der Waals surface area contributed by atoms with Crippen molar-refractivity contribution in [1.82, 2.24) is 5.01 Å². The van der Waals surface area contributed by atoms with Crippen molar-refractivity contribution in [1.29, 1.82) is 0 Å². The summed E-state index contributed by atoms with van der Waals surface area (Å²) in [7, 11) is 0. The molecular weight excluding hydrogens is 152 g/mol. The fourth-order valence-electron chi connectivity index (χ4n) is 1.85. The van der Waals surface area contributed by atoms with Crippen LogP contribution in [0.5, 0.6) is 0 Å². The molecule has 3 heteroatoms. The molecule has 0 radical (unpaired) electrons. The van der Waals surface area contributed by atoms with Gasteiger partial charge in [-0.1, -0.05) is 26.2 Å². The van der Waals surface area contributed by atoms with Crippen LogP contribution in [0, 0.1) is 4.91 Å². The van der Waals surface area contributed by atoms with Crippen molar-refractivity contribution in [2.75, 3.05) is 6.54 Å². The molecule has 0 bridgehead atoms. The van der Waals surface area contributed by atoms with Gasteiger partial charge in [-0.15, -0.1) is 4.91 Å². The Morgan fingerprint density at radius 2 is 2.33 bits per heavy atom. The predicted molar refractivity (Wildman–Crippen MR) is 49.7 cm³/mol. The van der Waals surface area contributed by atoms with E-state index in [4.69, 9.17) is 0 Å². The number of rotatable bonds is 5. The van der Waals surface area contributed by atoms with E-state index in [9.17, 15) is 4.91 Å². The molecule has 3 nitrogen and oxygen atoms in total. The molecular formula is C9H18N2O. The van der Waals surface area contributed by atoms with Crippen LogP contribution < -0.4 is 0 Å². The third kappa shape index (κ3) is 2.47. The monoisotopic (exact) mass is 170 g/mol. The number of hydrogen-bond acceptors (Lipinski definition) is 2. The van der Waals surface area contributed by atoms with Crippen molar-refractivity contribution in [3.05, 3.63) is 4.91 Å². The van der Waals surface area contributed by atoms with Crippen molar-refractivity contribution in [3.8, 4) is 0 Å². The molecule has 12 heavy (non-hydrogen) atoms. The third-order valence-electron chi connectivity index (χ3n) is 2.59. The maximum atomic E-state index is 10.3. The van der Waals surface area contributed by atoms with E-state index in [0.29, 0.717) is 6.04 Å². The first-order valence-corrected chi connectivity index (χ1v) is 4.98. The van der Waals surface area contributed by atoms with E-state index in [0.717, 1.165) is 25.8 Å². The summed E-state index contributed by atoms with van der Waals surface area (Å²) in [6, 6.07) is 0.453. The lowest BCUT2D eigenvalue weighted by Crippen LogP contribution is -2.23. The summed E-state index contributed by atoms with van der Waals surface area (Å²) >= 11 is 0. The molecule has 1 aliphatic heterocycles. The van der Waals surface area contributed by atoms with Crippen LogP contribution in [0.3, 0.4) is 0 Å². The highest BCUT2D eigenvalue weighted by molar-refractivity contribution is 4.75. The highest BCUT2D eigenvalue weighted by atomic mass is 16.3.